The summed E-state index contributed by atoms with van der Waals surface area (Å²) < 4.78 is 0. The van der Waals surface area contributed by atoms with E-state index < -0.39 is 0 Å². The number of hydrogen-bond acceptors (Lipinski definition) is 2. The Morgan fingerprint density at radius 1 is 1.27 bits per heavy atom. The average molecular weight is 208 g/mol. The van der Waals surface area contributed by atoms with Crippen LogP contribution < -0.4 is 5.32 Å². The third-order valence-corrected chi connectivity index (χ3v) is 4.46. The molecule has 0 spiro atoms. The molecule has 1 saturated carbocycles. The molecule has 2 saturated heterocycles. The van der Waals surface area contributed by atoms with E-state index in [1.807, 2.05) is 0 Å². The van der Waals surface area contributed by atoms with Crippen molar-refractivity contribution in [1.29, 1.82) is 0 Å². The Hall–Kier alpha value is -0.570. The van der Waals surface area contributed by atoms with Crippen LogP contribution in [0.1, 0.15) is 26.7 Å². The van der Waals surface area contributed by atoms with Crippen molar-refractivity contribution in [3.05, 3.63) is 0 Å². The topological polar surface area (TPSA) is 32.3 Å². The van der Waals surface area contributed by atoms with E-state index in [2.05, 4.69) is 24.1 Å². The Labute approximate surface area is 91.2 Å². The van der Waals surface area contributed by atoms with Crippen LogP contribution in [0, 0.1) is 17.8 Å². The van der Waals surface area contributed by atoms with Crippen LogP contribution in [0.4, 0.5) is 0 Å². The van der Waals surface area contributed by atoms with E-state index in [0.29, 0.717) is 29.8 Å². The van der Waals surface area contributed by atoms with Gasteiger partial charge in [-0.05, 0) is 31.6 Å². The molecule has 15 heavy (non-hydrogen) atoms. The monoisotopic (exact) mass is 208 g/mol. The van der Waals surface area contributed by atoms with Gasteiger partial charge < -0.3 is 10.2 Å². The number of carbonyl (C=O) groups excluding carboxylic acids is 1. The second-order valence-electron chi connectivity index (χ2n) is 5.64. The minimum absolute atomic E-state index is 0.354. The molecule has 2 aliphatic heterocycles. The summed E-state index contributed by atoms with van der Waals surface area (Å²) in [6.45, 7) is 6.53. The van der Waals surface area contributed by atoms with E-state index in [1.165, 1.54) is 6.42 Å². The number of carbonyl (C=O) groups is 1. The minimum atomic E-state index is 0.354. The zero-order valence-corrected chi connectivity index (χ0v) is 9.57. The zero-order valence-electron chi connectivity index (χ0n) is 9.57. The van der Waals surface area contributed by atoms with Crippen LogP contribution in [0.15, 0.2) is 0 Å². The number of nitrogens with one attached hydrogen (secondary N) is 1. The van der Waals surface area contributed by atoms with Gasteiger partial charge in [0.15, 0.2) is 0 Å². The SMILES string of the molecule is CC1CC1C(=O)N1C(C)CC2CNCC21. The van der Waals surface area contributed by atoms with Gasteiger partial charge in [0, 0.05) is 31.1 Å². The van der Waals surface area contributed by atoms with Crippen LogP contribution in [-0.2, 0) is 4.79 Å². The molecule has 5 unspecified atom stereocenters. The molecule has 0 aromatic rings. The summed E-state index contributed by atoms with van der Waals surface area (Å²) in [5.74, 6) is 2.15. The molecule has 1 aliphatic carbocycles. The summed E-state index contributed by atoms with van der Waals surface area (Å²) >= 11 is 0. The van der Waals surface area contributed by atoms with Crippen molar-refractivity contribution in [3.63, 3.8) is 0 Å². The lowest BCUT2D eigenvalue weighted by molar-refractivity contribution is -0.135. The van der Waals surface area contributed by atoms with Gasteiger partial charge in [-0.3, -0.25) is 4.79 Å². The normalized spacial score (nSPS) is 48.1. The Kier molecular flexibility index (Phi) is 2.06. The lowest BCUT2D eigenvalue weighted by Gasteiger charge is -2.27. The van der Waals surface area contributed by atoms with E-state index in [0.717, 1.165) is 25.4 Å². The predicted octanol–water partition coefficient (Wildman–Crippen LogP) is 0.851. The summed E-state index contributed by atoms with van der Waals surface area (Å²) in [4.78, 5) is 14.5. The third kappa shape index (κ3) is 1.40. The third-order valence-electron chi connectivity index (χ3n) is 4.46. The Balaban J connectivity index is 1.76. The minimum Gasteiger partial charge on any atom is -0.335 e. The molecule has 3 heteroatoms. The molecule has 0 bridgehead atoms. The van der Waals surface area contributed by atoms with Crippen molar-refractivity contribution in [2.45, 2.75) is 38.8 Å². The Bertz CT molecular complexity index is 291. The highest BCUT2D eigenvalue weighted by Crippen LogP contribution is 2.43. The quantitative estimate of drug-likeness (QED) is 0.693. The van der Waals surface area contributed by atoms with E-state index >= 15 is 0 Å². The van der Waals surface area contributed by atoms with Gasteiger partial charge in [-0.2, -0.15) is 0 Å². The highest BCUT2D eigenvalue weighted by Gasteiger charge is 2.49. The van der Waals surface area contributed by atoms with E-state index in [-0.39, 0.29) is 0 Å². The summed E-state index contributed by atoms with van der Waals surface area (Å²) in [5.41, 5.74) is 0. The van der Waals surface area contributed by atoms with Crippen LogP contribution in [-0.4, -0.2) is 36.0 Å². The van der Waals surface area contributed by atoms with Crippen molar-refractivity contribution < 1.29 is 4.79 Å². The van der Waals surface area contributed by atoms with Crippen LogP contribution in [0.25, 0.3) is 0 Å². The van der Waals surface area contributed by atoms with Crippen molar-refractivity contribution in [2.24, 2.45) is 17.8 Å². The first-order valence-electron chi connectivity index (χ1n) is 6.21. The molecule has 0 aromatic carbocycles. The van der Waals surface area contributed by atoms with Crippen molar-refractivity contribution >= 4 is 5.91 Å². The average Bonchev–Trinajstić information content (AvgIpc) is 2.60. The number of rotatable bonds is 1. The molecule has 84 valence electrons. The highest BCUT2D eigenvalue weighted by molar-refractivity contribution is 5.82. The summed E-state index contributed by atoms with van der Waals surface area (Å²) in [6.07, 6.45) is 2.32. The molecule has 0 radical (unpaired) electrons. The maximum absolute atomic E-state index is 12.3. The number of hydrogen-bond donors (Lipinski definition) is 1. The number of likely N-dealkylation sites (tertiary alicyclic amines) is 1. The fourth-order valence-electron chi connectivity index (χ4n) is 3.40. The van der Waals surface area contributed by atoms with Crippen LogP contribution in [0.2, 0.25) is 0 Å². The molecule has 5 atom stereocenters. The van der Waals surface area contributed by atoms with Crippen molar-refractivity contribution in [2.75, 3.05) is 13.1 Å². The maximum atomic E-state index is 12.3. The second kappa shape index (κ2) is 3.21. The largest absolute Gasteiger partial charge is 0.335 e. The number of nitrogens with zero attached hydrogens (tertiary/aromatic N) is 1. The van der Waals surface area contributed by atoms with Crippen LogP contribution >= 0.6 is 0 Å². The lowest BCUT2D eigenvalue weighted by atomic mass is 10.0. The zero-order chi connectivity index (χ0) is 10.6. The maximum Gasteiger partial charge on any atom is 0.226 e. The molecule has 0 aromatic heterocycles. The lowest BCUT2D eigenvalue weighted by Crippen LogP contribution is -2.43. The van der Waals surface area contributed by atoms with Crippen molar-refractivity contribution in [3.8, 4) is 0 Å². The van der Waals surface area contributed by atoms with Gasteiger partial charge in [-0.1, -0.05) is 6.92 Å². The Morgan fingerprint density at radius 2 is 2.00 bits per heavy atom. The van der Waals surface area contributed by atoms with Gasteiger partial charge in [-0.25, -0.2) is 0 Å². The van der Waals surface area contributed by atoms with E-state index in [9.17, 15) is 4.79 Å². The Morgan fingerprint density at radius 3 is 2.67 bits per heavy atom. The van der Waals surface area contributed by atoms with Gasteiger partial charge >= 0.3 is 0 Å². The van der Waals surface area contributed by atoms with Crippen LogP contribution in [0.5, 0.6) is 0 Å². The predicted molar refractivity (Wildman–Crippen MR) is 58.3 cm³/mol. The molecule has 3 nitrogen and oxygen atoms in total. The first-order chi connectivity index (χ1) is 7.18. The van der Waals surface area contributed by atoms with Gasteiger partial charge in [0.05, 0.1) is 0 Å². The summed E-state index contributed by atoms with van der Waals surface area (Å²) in [5, 5.41) is 3.41. The van der Waals surface area contributed by atoms with Gasteiger partial charge in [0.2, 0.25) is 5.91 Å². The molecule has 3 rings (SSSR count). The number of amides is 1. The summed E-state index contributed by atoms with van der Waals surface area (Å²) in [7, 11) is 0. The molecule has 1 N–H and O–H groups in total. The molecule has 1 amide bonds. The fraction of sp³-hybridized carbons (Fsp3) is 0.917. The summed E-state index contributed by atoms with van der Waals surface area (Å²) in [6, 6.07) is 0.975. The first-order valence-corrected chi connectivity index (χ1v) is 6.21. The highest BCUT2D eigenvalue weighted by atomic mass is 16.2. The molecule has 3 aliphatic rings. The number of fused-ring (bicyclic) bond motifs is 1. The van der Waals surface area contributed by atoms with Crippen molar-refractivity contribution in [1.82, 2.24) is 10.2 Å². The first kappa shape index (κ1) is 9.64. The second-order valence-corrected chi connectivity index (χ2v) is 5.64. The standard InChI is InChI=1S/C12H20N2O/c1-7-3-10(7)12(15)14-8(2)4-9-5-13-6-11(9)14/h7-11,13H,3-6H2,1-2H3. The van der Waals surface area contributed by atoms with Gasteiger partial charge in [0.25, 0.3) is 0 Å². The van der Waals surface area contributed by atoms with E-state index in [4.69, 9.17) is 0 Å². The molecule has 3 fully saturated rings. The van der Waals surface area contributed by atoms with Gasteiger partial charge in [0.1, 0.15) is 0 Å². The van der Waals surface area contributed by atoms with E-state index in [1.54, 1.807) is 0 Å². The molecule has 2 heterocycles. The van der Waals surface area contributed by atoms with Crippen LogP contribution in [0.3, 0.4) is 0 Å². The fourth-order valence-corrected chi connectivity index (χ4v) is 3.40. The molecular weight excluding hydrogens is 188 g/mol. The molecular formula is C12H20N2O. The van der Waals surface area contributed by atoms with Gasteiger partial charge in [-0.15, -0.1) is 0 Å². The smallest absolute Gasteiger partial charge is 0.226 e.